The number of nitrogens with two attached hydrogens (primary N) is 1. The number of hydrogen-bond donors (Lipinski definition) is 2. The van der Waals surface area contributed by atoms with Crippen LogP contribution in [0.15, 0.2) is 24.3 Å². The maximum Gasteiger partial charge on any atom is 0.164 e. The first kappa shape index (κ1) is 16.3. The van der Waals surface area contributed by atoms with Crippen LogP contribution >= 0.6 is 12.2 Å². The van der Waals surface area contributed by atoms with Crippen LogP contribution in [-0.2, 0) is 5.41 Å². The molecule has 0 radical (unpaired) electrons. The van der Waals surface area contributed by atoms with Crippen LogP contribution in [-0.4, -0.2) is 10.7 Å². The van der Waals surface area contributed by atoms with Crippen molar-refractivity contribution < 1.29 is 0 Å². The van der Waals surface area contributed by atoms with Gasteiger partial charge >= 0.3 is 0 Å². The molecule has 0 bridgehead atoms. The van der Waals surface area contributed by atoms with Crippen molar-refractivity contribution in [2.45, 2.75) is 70.3 Å². The fraction of sp³-hybridized carbons (Fsp3) is 0.611. The van der Waals surface area contributed by atoms with E-state index >= 15 is 0 Å². The van der Waals surface area contributed by atoms with Gasteiger partial charge in [-0.3, -0.25) is 0 Å². The molecule has 3 N–H and O–H groups in total. The second-order valence-corrected chi connectivity index (χ2v) is 7.34. The van der Waals surface area contributed by atoms with Gasteiger partial charge in [0.2, 0.25) is 0 Å². The van der Waals surface area contributed by atoms with Crippen molar-refractivity contribution in [1.29, 1.82) is 0 Å². The van der Waals surface area contributed by atoms with Crippen LogP contribution in [0.25, 0.3) is 0 Å². The highest BCUT2D eigenvalue weighted by Gasteiger charge is 2.37. The average molecular weight is 305 g/mol. The molecule has 116 valence electrons. The second kappa shape index (κ2) is 6.35. The van der Waals surface area contributed by atoms with Crippen molar-refractivity contribution in [3.63, 3.8) is 0 Å². The molecule has 2 nitrogen and oxygen atoms in total. The lowest BCUT2D eigenvalue weighted by Crippen LogP contribution is -2.48. The van der Waals surface area contributed by atoms with Crippen LogP contribution < -0.4 is 11.1 Å². The Balaban J connectivity index is 2.22. The normalized spacial score (nSPS) is 29.7. The van der Waals surface area contributed by atoms with Crippen LogP contribution in [0.2, 0.25) is 0 Å². The van der Waals surface area contributed by atoms with Gasteiger partial charge in [0.05, 0.1) is 0 Å². The molecule has 1 fully saturated rings. The highest BCUT2D eigenvalue weighted by atomic mass is 32.1. The van der Waals surface area contributed by atoms with E-state index in [2.05, 4.69) is 50.4 Å². The Morgan fingerprint density at radius 3 is 2.43 bits per heavy atom. The summed E-state index contributed by atoms with van der Waals surface area (Å²) < 4.78 is 0. The monoisotopic (exact) mass is 304 g/mol. The zero-order valence-electron chi connectivity index (χ0n) is 13.5. The van der Waals surface area contributed by atoms with Crippen molar-refractivity contribution in [1.82, 2.24) is 5.32 Å². The minimum absolute atomic E-state index is 0.0491. The largest absolute Gasteiger partial charge is 0.376 e. The van der Waals surface area contributed by atoms with Gasteiger partial charge < -0.3 is 11.1 Å². The summed E-state index contributed by atoms with van der Waals surface area (Å²) in [4.78, 5) is 0. The van der Waals surface area contributed by atoms with Gasteiger partial charge in [-0.25, -0.2) is 0 Å². The van der Waals surface area contributed by atoms with Crippen molar-refractivity contribution >= 4 is 17.3 Å². The predicted octanol–water partition coefficient (Wildman–Crippen LogP) is 4.20. The van der Waals surface area contributed by atoms with E-state index in [4.69, 9.17) is 18.0 Å². The van der Waals surface area contributed by atoms with Crippen LogP contribution in [0.3, 0.4) is 0 Å². The van der Waals surface area contributed by atoms with Crippen LogP contribution in [0.5, 0.6) is 0 Å². The summed E-state index contributed by atoms with van der Waals surface area (Å²) in [6, 6.07) is 9.12. The van der Waals surface area contributed by atoms with E-state index < -0.39 is 0 Å². The highest BCUT2D eigenvalue weighted by Crippen LogP contribution is 2.43. The summed E-state index contributed by atoms with van der Waals surface area (Å²) in [7, 11) is 0. The Kier molecular flexibility index (Phi) is 4.92. The zero-order valence-corrected chi connectivity index (χ0v) is 14.4. The van der Waals surface area contributed by atoms with Crippen LogP contribution in [0.4, 0.5) is 0 Å². The number of hydrogen-bond acceptors (Lipinski definition) is 1. The summed E-state index contributed by atoms with van der Waals surface area (Å²) in [5.41, 5.74) is 8.89. The van der Waals surface area contributed by atoms with E-state index in [1.807, 2.05) is 0 Å². The number of rotatable bonds is 3. The minimum Gasteiger partial charge on any atom is -0.376 e. The van der Waals surface area contributed by atoms with Gasteiger partial charge in [-0.05, 0) is 69.1 Å². The molecule has 2 rings (SSSR count). The minimum atomic E-state index is 0.0491. The summed E-state index contributed by atoms with van der Waals surface area (Å²) in [6.45, 7) is 6.73. The summed E-state index contributed by atoms with van der Waals surface area (Å²) in [6.07, 6.45) is 7.11. The maximum atomic E-state index is 5.71. The fourth-order valence-corrected chi connectivity index (χ4v) is 4.00. The van der Waals surface area contributed by atoms with Gasteiger partial charge in [0.15, 0.2) is 5.11 Å². The lowest BCUT2D eigenvalue weighted by Gasteiger charge is -2.34. The van der Waals surface area contributed by atoms with Crippen molar-refractivity contribution in [3.05, 3.63) is 35.4 Å². The van der Waals surface area contributed by atoms with E-state index in [1.54, 1.807) is 0 Å². The van der Waals surface area contributed by atoms with Gasteiger partial charge in [-0.1, -0.05) is 43.2 Å². The van der Waals surface area contributed by atoms with Crippen molar-refractivity contribution in [3.8, 4) is 0 Å². The molecule has 2 atom stereocenters. The first-order chi connectivity index (χ1) is 9.89. The standard InChI is InChI=1S/C18H28N2S/c1-4-18(15-8-6-14(2)7-9-15)11-5-10-17(3,12-13-18)20-16(19)21/h6-9H,4-5,10-13H2,1-3H3,(H3,19,20,21). The van der Waals surface area contributed by atoms with Crippen LogP contribution in [0.1, 0.15) is 63.5 Å². The molecule has 2 unspecified atom stereocenters. The van der Waals surface area contributed by atoms with Crippen molar-refractivity contribution in [2.75, 3.05) is 0 Å². The fourth-order valence-electron chi connectivity index (χ4n) is 3.76. The smallest absolute Gasteiger partial charge is 0.164 e. The molecule has 0 aliphatic heterocycles. The third-order valence-corrected chi connectivity index (χ3v) is 5.41. The van der Waals surface area contributed by atoms with Crippen molar-refractivity contribution in [2.24, 2.45) is 5.73 Å². The predicted molar refractivity (Wildman–Crippen MR) is 94.6 cm³/mol. The van der Waals surface area contributed by atoms with E-state index in [-0.39, 0.29) is 5.54 Å². The third-order valence-electron chi connectivity index (χ3n) is 5.30. The van der Waals surface area contributed by atoms with Gasteiger partial charge in [-0.2, -0.15) is 0 Å². The first-order valence-electron chi connectivity index (χ1n) is 8.04. The first-order valence-corrected chi connectivity index (χ1v) is 8.45. The molecule has 1 aliphatic carbocycles. The number of nitrogens with one attached hydrogen (secondary N) is 1. The van der Waals surface area contributed by atoms with Gasteiger partial charge in [0, 0.05) is 5.54 Å². The van der Waals surface area contributed by atoms with Gasteiger partial charge in [-0.15, -0.1) is 0 Å². The van der Waals surface area contributed by atoms with Gasteiger partial charge in [0.25, 0.3) is 0 Å². The molecular formula is C18H28N2S. The second-order valence-electron chi connectivity index (χ2n) is 6.90. The van der Waals surface area contributed by atoms with E-state index in [9.17, 15) is 0 Å². The Morgan fingerprint density at radius 1 is 1.19 bits per heavy atom. The average Bonchev–Trinajstić information content (AvgIpc) is 2.59. The Bertz CT molecular complexity index is 496. The molecule has 0 spiro atoms. The molecule has 1 saturated carbocycles. The van der Waals surface area contributed by atoms with Crippen LogP contribution in [0, 0.1) is 6.92 Å². The number of aryl methyl sites for hydroxylation is 1. The zero-order chi connectivity index (χ0) is 15.5. The molecular weight excluding hydrogens is 276 g/mol. The van der Waals surface area contributed by atoms with E-state index in [0.717, 1.165) is 12.8 Å². The molecule has 1 aromatic rings. The molecule has 0 saturated heterocycles. The third kappa shape index (κ3) is 3.76. The number of benzene rings is 1. The lowest BCUT2D eigenvalue weighted by atomic mass is 9.72. The quantitative estimate of drug-likeness (QED) is 0.649. The molecule has 1 aliphatic rings. The summed E-state index contributed by atoms with van der Waals surface area (Å²) >= 11 is 5.05. The molecule has 21 heavy (non-hydrogen) atoms. The van der Waals surface area contributed by atoms with Gasteiger partial charge in [0.1, 0.15) is 0 Å². The Hall–Kier alpha value is -1.09. The highest BCUT2D eigenvalue weighted by molar-refractivity contribution is 7.80. The molecule has 1 aromatic carbocycles. The van der Waals surface area contributed by atoms with E-state index in [0.29, 0.717) is 10.5 Å². The summed E-state index contributed by atoms with van der Waals surface area (Å²) in [5, 5.41) is 3.76. The summed E-state index contributed by atoms with van der Waals surface area (Å²) in [5.74, 6) is 0. The number of thiocarbonyl (C=S) groups is 1. The topological polar surface area (TPSA) is 38.0 Å². The molecule has 0 amide bonds. The molecule has 0 heterocycles. The maximum absolute atomic E-state index is 5.71. The molecule has 3 heteroatoms. The van der Waals surface area contributed by atoms with E-state index in [1.165, 1.54) is 36.8 Å². The Morgan fingerprint density at radius 2 is 1.86 bits per heavy atom. The lowest BCUT2D eigenvalue weighted by molar-refractivity contribution is 0.327. The SMILES string of the molecule is CCC1(c2ccc(C)cc2)CCCC(C)(NC(N)=S)CC1. The Labute approximate surface area is 134 Å². The molecule has 0 aromatic heterocycles.